The van der Waals surface area contributed by atoms with Crippen molar-refractivity contribution >= 4 is 38.6 Å². The highest BCUT2D eigenvalue weighted by molar-refractivity contribution is 9.10. The van der Waals surface area contributed by atoms with E-state index in [1.807, 2.05) is 42.5 Å². The summed E-state index contributed by atoms with van der Waals surface area (Å²) in [6, 6.07) is 13.6. The number of nitrogens with zero attached hydrogens (tertiary/aromatic N) is 1. The van der Waals surface area contributed by atoms with Gasteiger partial charge in [0.15, 0.2) is 0 Å². The molecule has 0 atom stereocenters. The second-order valence-corrected chi connectivity index (χ2v) is 5.11. The van der Waals surface area contributed by atoms with Crippen molar-refractivity contribution < 1.29 is 0 Å². The summed E-state index contributed by atoms with van der Waals surface area (Å²) >= 11 is 9.30. The fourth-order valence-electron chi connectivity index (χ4n) is 1.73. The molecule has 0 aliphatic carbocycles. The lowest BCUT2D eigenvalue weighted by atomic mass is 10.2. The van der Waals surface area contributed by atoms with Crippen LogP contribution in [0, 0.1) is 0 Å². The number of benzene rings is 2. The van der Waals surface area contributed by atoms with Crippen molar-refractivity contribution in [2.24, 2.45) is 0 Å². The first-order valence-corrected chi connectivity index (χ1v) is 6.31. The molecular weight excluding hydrogens is 300 g/mol. The minimum atomic E-state index is 0.729. The van der Waals surface area contributed by atoms with Crippen LogP contribution in [-0.2, 0) is 0 Å². The number of H-pyrrole nitrogens is 1. The number of hydrogen-bond acceptors (Lipinski definition) is 1. The zero-order valence-corrected chi connectivity index (χ0v) is 11.1. The Morgan fingerprint density at radius 1 is 1.06 bits per heavy atom. The summed E-state index contributed by atoms with van der Waals surface area (Å²) in [7, 11) is 0. The van der Waals surface area contributed by atoms with E-state index < -0.39 is 0 Å². The molecule has 0 unspecified atom stereocenters. The topological polar surface area (TPSA) is 28.7 Å². The van der Waals surface area contributed by atoms with Crippen molar-refractivity contribution in [3.05, 3.63) is 52.0 Å². The monoisotopic (exact) mass is 306 g/mol. The van der Waals surface area contributed by atoms with Gasteiger partial charge in [-0.15, -0.1) is 0 Å². The Morgan fingerprint density at radius 3 is 2.59 bits per heavy atom. The molecule has 0 amide bonds. The highest BCUT2D eigenvalue weighted by Crippen LogP contribution is 2.23. The maximum absolute atomic E-state index is 5.86. The second kappa shape index (κ2) is 4.17. The highest BCUT2D eigenvalue weighted by Gasteiger charge is 2.05. The Morgan fingerprint density at radius 2 is 1.82 bits per heavy atom. The van der Waals surface area contributed by atoms with E-state index in [1.165, 1.54) is 0 Å². The number of nitrogens with one attached hydrogen (secondary N) is 1. The Balaban J connectivity index is 2.14. The van der Waals surface area contributed by atoms with Crippen LogP contribution in [0.2, 0.25) is 5.02 Å². The summed E-state index contributed by atoms with van der Waals surface area (Å²) in [4.78, 5) is 7.82. The summed E-state index contributed by atoms with van der Waals surface area (Å²) < 4.78 is 1.04. The van der Waals surface area contributed by atoms with Crippen LogP contribution in [0.25, 0.3) is 22.4 Å². The van der Waals surface area contributed by atoms with Gasteiger partial charge in [-0.1, -0.05) is 27.5 Å². The van der Waals surface area contributed by atoms with Crippen LogP contribution < -0.4 is 0 Å². The Bertz CT molecular complexity index is 673. The number of imidazole rings is 1. The maximum Gasteiger partial charge on any atom is 0.138 e. The van der Waals surface area contributed by atoms with Gasteiger partial charge >= 0.3 is 0 Å². The van der Waals surface area contributed by atoms with E-state index in [0.717, 1.165) is 31.9 Å². The molecule has 4 heteroatoms. The van der Waals surface area contributed by atoms with Crippen LogP contribution >= 0.6 is 27.5 Å². The van der Waals surface area contributed by atoms with Gasteiger partial charge in [-0.05, 0) is 42.5 Å². The lowest BCUT2D eigenvalue weighted by Gasteiger charge is -1.95. The molecule has 17 heavy (non-hydrogen) atoms. The molecule has 0 aliphatic rings. The van der Waals surface area contributed by atoms with Crippen LogP contribution in [0.15, 0.2) is 46.9 Å². The first-order valence-electron chi connectivity index (χ1n) is 5.13. The van der Waals surface area contributed by atoms with Crippen molar-refractivity contribution in [3.8, 4) is 11.4 Å². The van der Waals surface area contributed by atoms with Gasteiger partial charge in [0.1, 0.15) is 5.82 Å². The lowest BCUT2D eigenvalue weighted by molar-refractivity contribution is 1.34. The van der Waals surface area contributed by atoms with E-state index >= 15 is 0 Å². The van der Waals surface area contributed by atoms with Crippen LogP contribution in [0.3, 0.4) is 0 Å². The molecule has 1 aromatic heterocycles. The van der Waals surface area contributed by atoms with Gasteiger partial charge in [-0.2, -0.15) is 0 Å². The van der Waals surface area contributed by atoms with Crippen LogP contribution in [0.4, 0.5) is 0 Å². The second-order valence-electron chi connectivity index (χ2n) is 3.75. The Labute approximate surface area is 112 Å². The molecule has 1 heterocycles. The van der Waals surface area contributed by atoms with E-state index in [2.05, 4.69) is 25.9 Å². The molecule has 3 aromatic rings. The molecule has 0 fully saturated rings. The number of aromatic amines is 1. The van der Waals surface area contributed by atoms with Crippen molar-refractivity contribution in [3.63, 3.8) is 0 Å². The number of rotatable bonds is 1. The Kier molecular flexibility index (Phi) is 2.65. The Hall–Kier alpha value is -1.32. The third kappa shape index (κ3) is 2.08. The van der Waals surface area contributed by atoms with Crippen LogP contribution in [0.1, 0.15) is 0 Å². The van der Waals surface area contributed by atoms with Gasteiger partial charge in [0, 0.05) is 15.1 Å². The number of hydrogen-bond donors (Lipinski definition) is 1. The third-order valence-corrected chi connectivity index (χ3v) is 3.31. The average Bonchev–Trinajstić information content (AvgIpc) is 2.72. The summed E-state index contributed by atoms with van der Waals surface area (Å²) in [5.74, 6) is 0.856. The standard InChI is InChI=1S/C13H8BrClN2/c14-9-3-6-11-12(7-9)17-13(16-11)8-1-4-10(15)5-2-8/h1-7H,(H,16,17). The zero-order valence-electron chi connectivity index (χ0n) is 8.74. The van der Waals surface area contributed by atoms with Gasteiger partial charge in [0.2, 0.25) is 0 Å². The molecule has 2 aromatic carbocycles. The van der Waals surface area contributed by atoms with Gasteiger partial charge in [0.25, 0.3) is 0 Å². The van der Waals surface area contributed by atoms with E-state index in [-0.39, 0.29) is 0 Å². The summed E-state index contributed by atoms with van der Waals surface area (Å²) in [6.07, 6.45) is 0. The van der Waals surface area contributed by atoms with E-state index in [9.17, 15) is 0 Å². The molecule has 0 spiro atoms. The van der Waals surface area contributed by atoms with E-state index in [1.54, 1.807) is 0 Å². The van der Waals surface area contributed by atoms with Gasteiger partial charge < -0.3 is 4.98 Å². The lowest BCUT2D eigenvalue weighted by Crippen LogP contribution is -1.78. The molecule has 0 bridgehead atoms. The molecule has 0 aliphatic heterocycles. The minimum Gasteiger partial charge on any atom is -0.338 e. The fraction of sp³-hybridized carbons (Fsp3) is 0. The molecule has 0 saturated heterocycles. The van der Waals surface area contributed by atoms with Crippen molar-refractivity contribution in [1.82, 2.24) is 9.97 Å². The summed E-state index contributed by atoms with van der Waals surface area (Å²) in [6.45, 7) is 0. The number of aromatic nitrogens is 2. The first-order chi connectivity index (χ1) is 8.22. The quantitative estimate of drug-likeness (QED) is 0.697. The van der Waals surface area contributed by atoms with Gasteiger partial charge in [-0.3, -0.25) is 0 Å². The smallest absolute Gasteiger partial charge is 0.138 e. The summed E-state index contributed by atoms with van der Waals surface area (Å²) in [5, 5.41) is 0.729. The minimum absolute atomic E-state index is 0.729. The molecule has 0 saturated carbocycles. The van der Waals surface area contributed by atoms with E-state index in [4.69, 9.17) is 11.6 Å². The molecular formula is C13H8BrClN2. The third-order valence-electron chi connectivity index (χ3n) is 2.56. The highest BCUT2D eigenvalue weighted by atomic mass is 79.9. The molecule has 3 rings (SSSR count). The SMILES string of the molecule is Clc1ccc(-c2nc3ccc(Br)cc3[nH]2)cc1. The predicted molar refractivity (Wildman–Crippen MR) is 74.2 cm³/mol. The number of halogens is 2. The molecule has 1 N–H and O–H groups in total. The molecule has 84 valence electrons. The first kappa shape index (κ1) is 10.8. The fourth-order valence-corrected chi connectivity index (χ4v) is 2.21. The molecule has 0 radical (unpaired) electrons. The van der Waals surface area contributed by atoms with Gasteiger partial charge in [0.05, 0.1) is 11.0 Å². The maximum atomic E-state index is 5.86. The summed E-state index contributed by atoms with van der Waals surface area (Å²) in [5.41, 5.74) is 3.00. The van der Waals surface area contributed by atoms with Crippen molar-refractivity contribution in [1.29, 1.82) is 0 Å². The predicted octanol–water partition coefficient (Wildman–Crippen LogP) is 4.65. The van der Waals surface area contributed by atoms with Crippen molar-refractivity contribution in [2.45, 2.75) is 0 Å². The largest absolute Gasteiger partial charge is 0.338 e. The zero-order chi connectivity index (χ0) is 11.8. The average molecular weight is 308 g/mol. The van der Waals surface area contributed by atoms with Crippen LogP contribution in [0.5, 0.6) is 0 Å². The van der Waals surface area contributed by atoms with Gasteiger partial charge in [-0.25, -0.2) is 4.98 Å². The van der Waals surface area contributed by atoms with Crippen LogP contribution in [-0.4, -0.2) is 9.97 Å². The number of fused-ring (bicyclic) bond motifs is 1. The normalized spacial score (nSPS) is 10.9. The van der Waals surface area contributed by atoms with E-state index in [0.29, 0.717) is 0 Å². The van der Waals surface area contributed by atoms with Crippen molar-refractivity contribution in [2.75, 3.05) is 0 Å². The molecule has 2 nitrogen and oxygen atoms in total.